The Bertz CT molecular complexity index is 473. The molecule has 0 aliphatic carbocycles. The van der Waals surface area contributed by atoms with Crippen LogP contribution in [-0.4, -0.2) is 23.3 Å². The fraction of sp³-hybridized carbons (Fsp3) is 0.429. The molecule has 1 amide bonds. The van der Waals surface area contributed by atoms with Gasteiger partial charge in [-0.15, -0.1) is 0 Å². The second-order valence-corrected chi connectivity index (χ2v) is 5.91. The maximum atomic E-state index is 12.0. The van der Waals surface area contributed by atoms with Gasteiger partial charge in [0, 0.05) is 31.3 Å². The van der Waals surface area contributed by atoms with E-state index in [2.05, 4.69) is 0 Å². The van der Waals surface area contributed by atoms with E-state index in [-0.39, 0.29) is 16.9 Å². The number of thioether (sulfide) groups is 1. The molecule has 18 heavy (non-hydrogen) atoms. The first-order valence-corrected chi connectivity index (χ1v) is 7.05. The summed E-state index contributed by atoms with van der Waals surface area (Å²) in [5, 5.41) is 0.122. The van der Waals surface area contributed by atoms with Gasteiger partial charge < -0.3 is 4.90 Å². The third kappa shape index (κ3) is 3.13. The van der Waals surface area contributed by atoms with E-state index in [1.807, 2.05) is 36.1 Å². The molecule has 0 radical (unpaired) electrons. The van der Waals surface area contributed by atoms with E-state index in [0.717, 1.165) is 23.5 Å². The Morgan fingerprint density at radius 3 is 2.94 bits per heavy atom. The average molecular weight is 263 g/mol. The Morgan fingerprint density at radius 2 is 2.28 bits per heavy atom. The van der Waals surface area contributed by atoms with Crippen molar-refractivity contribution in [1.82, 2.24) is 0 Å². The maximum Gasteiger partial charge on any atom is 0.227 e. The number of amides is 1. The molecule has 3 nitrogen and oxygen atoms in total. The Balaban J connectivity index is 2.03. The number of aryl methyl sites for hydroxylation is 1. The molecule has 0 N–H and O–H groups in total. The monoisotopic (exact) mass is 263 g/mol. The normalized spacial score (nSPS) is 19.3. The minimum atomic E-state index is 0.122. The van der Waals surface area contributed by atoms with Crippen molar-refractivity contribution in [2.75, 3.05) is 17.2 Å². The van der Waals surface area contributed by atoms with Gasteiger partial charge in [-0.05, 0) is 30.5 Å². The molecule has 1 atom stereocenters. The van der Waals surface area contributed by atoms with Crippen LogP contribution in [0.1, 0.15) is 18.9 Å². The van der Waals surface area contributed by atoms with Crippen LogP contribution in [-0.2, 0) is 9.59 Å². The van der Waals surface area contributed by atoms with Crippen LogP contribution in [0.4, 0.5) is 5.69 Å². The molecule has 0 bridgehead atoms. The summed E-state index contributed by atoms with van der Waals surface area (Å²) in [6, 6.07) is 7.98. The maximum absolute atomic E-state index is 12.0. The van der Waals surface area contributed by atoms with Gasteiger partial charge in [-0.25, -0.2) is 0 Å². The summed E-state index contributed by atoms with van der Waals surface area (Å²) in [6.45, 7) is 4.31. The van der Waals surface area contributed by atoms with Crippen molar-refractivity contribution in [3.8, 4) is 0 Å². The van der Waals surface area contributed by atoms with E-state index in [1.165, 1.54) is 11.8 Å². The van der Waals surface area contributed by atoms with Crippen LogP contribution < -0.4 is 4.90 Å². The number of rotatable bonds is 3. The van der Waals surface area contributed by atoms with Crippen molar-refractivity contribution in [1.29, 1.82) is 0 Å². The van der Waals surface area contributed by atoms with E-state index in [4.69, 9.17) is 0 Å². The highest BCUT2D eigenvalue weighted by atomic mass is 32.2. The van der Waals surface area contributed by atoms with Gasteiger partial charge >= 0.3 is 0 Å². The highest BCUT2D eigenvalue weighted by Crippen LogP contribution is 2.27. The van der Waals surface area contributed by atoms with Crippen molar-refractivity contribution in [3.63, 3.8) is 0 Å². The predicted octanol–water partition coefficient (Wildman–Crippen LogP) is 2.63. The summed E-state index contributed by atoms with van der Waals surface area (Å²) in [7, 11) is 0. The third-order valence-corrected chi connectivity index (χ3v) is 4.09. The number of carbonyl (C=O) groups is 2. The zero-order valence-corrected chi connectivity index (χ0v) is 11.5. The molecule has 1 aliphatic rings. The fourth-order valence-corrected chi connectivity index (χ4v) is 2.87. The third-order valence-electron chi connectivity index (χ3n) is 3.04. The number of hydrogen-bond donors (Lipinski definition) is 0. The molecule has 1 heterocycles. The van der Waals surface area contributed by atoms with Crippen LogP contribution in [0.15, 0.2) is 24.3 Å². The first-order chi connectivity index (χ1) is 8.56. The van der Waals surface area contributed by atoms with E-state index in [1.54, 1.807) is 6.92 Å². The molecule has 1 fully saturated rings. The molecule has 2 rings (SSSR count). The molecule has 0 spiro atoms. The fourth-order valence-electron chi connectivity index (χ4n) is 2.17. The van der Waals surface area contributed by atoms with Crippen LogP contribution in [0, 0.1) is 12.8 Å². The van der Waals surface area contributed by atoms with Gasteiger partial charge in [0.2, 0.25) is 5.91 Å². The van der Waals surface area contributed by atoms with Gasteiger partial charge in [-0.2, -0.15) is 0 Å². The smallest absolute Gasteiger partial charge is 0.227 e. The first-order valence-electron chi connectivity index (χ1n) is 6.06. The summed E-state index contributed by atoms with van der Waals surface area (Å²) in [5.74, 6) is 1.19. The molecule has 4 heteroatoms. The van der Waals surface area contributed by atoms with Gasteiger partial charge in [0.25, 0.3) is 0 Å². The Kier molecular flexibility index (Phi) is 4.07. The quantitative estimate of drug-likeness (QED) is 0.841. The number of benzene rings is 1. The highest BCUT2D eigenvalue weighted by molar-refractivity contribution is 8.13. The topological polar surface area (TPSA) is 37.4 Å². The van der Waals surface area contributed by atoms with Crippen molar-refractivity contribution in [2.24, 2.45) is 5.92 Å². The van der Waals surface area contributed by atoms with Gasteiger partial charge in [-0.1, -0.05) is 23.9 Å². The Labute approximate surface area is 112 Å². The van der Waals surface area contributed by atoms with Gasteiger partial charge in [0.05, 0.1) is 0 Å². The second kappa shape index (κ2) is 5.57. The molecule has 0 saturated carbocycles. The second-order valence-electron chi connectivity index (χ2n) is 4.72. The molecule has 1 aromatic carbocycles. The average Bonchev–Trinajstić information content (AvgIpc) is 2.68. The minimum absolute atomic E-state index is 0.122. The summed E-state index contributed by atoms with van der Waals surface area (Å²) in [5.41, 5.74) is 2.12. The lowest BCUT2D eigenvalue weighted by molar-refractivity contribution is -0.117. The summed E-state index contributed by atoms with van der Waals surface area (Å²) < 4.78 is 0. The summed E-state index contributed by atoms with van der Waals surface area (Å²) >= 11 is 1.31. The predicted molar refractivity (Wildman–Crippen MR) is 74.8 cm³/mol. The standard InChI is InChI=1S/C14H17NO2S/c1-10-4-3-5-13(6-10)15-8-12(7-14(15)17)9-18-11(2)16/h3-6,12H,7-9H2,1-2H3. The molecular formula is C14H17NO2S. The van der Waals surface area contributed by atoms with E-state index in [9.17, 15) is 9.59 Å². The zero-order chi connectivity index (χ0) is 13.1. The Hall–Kier alpha value is -1.29. The van der Waals surface area contributed by atoms with Crippen LogP contribution in [0.3, 0.4) is 0 Å². The SMILES string of the molecule is CC(=O)SCC1CC(=O)N(c2cccc(C)c2)C1. The van der Waals surface area contributed by atoms with Crippen LogP contribution in [0.2, 0.25) is 0 Å². The van der Waals surface area contributed by atoms with Gasteiger partial charge in [0.1, 0.15) is 0 Å². The highest BCUT2D eigenvalue weighted by Gasteiger charge is 2.30. The van der Waals surface area contributed by atoms with E-state index >= 15 is 0 Å². The zero-order valence-electron chi connectivity index (χ0n) is 10.7. The number of nitrogens with zero attached hydrogens (tertiary/aromatic N) is 1. The first kappa shape index (κ1) is 13.1. The number of hydrogen-bond acceptors (Lipinski definition) is 3. The lowest BCUT2D eigenvalue weighted by Gasteiger charge is -2.17. The molecule has 1 unspecified atom stereocenters. The molecule has 96 valence electrons. The Morgan fingerprint density at radius 1 is 1.50 bits per heavy atom. The minimum Gasteiger partial charge on any atom is -0.312 e. The molecule has 0 aromatic heterocycles. The van der Waals surface area contributed by atoms with Crippen LogP contribution >= 0.6 is 11.8 Å². The van der Waals surface area contributed by atoms with Gasteiger partial charge in [-0.3, -0.25) is 9.59 Å². The molecule has 1 aliphatic heterocycles. The molecular weight excluding hydrogens is 246 g/mol. The van der Waals surface area contributed by atoms with E-state index < -0.39 is 0 Å². The number of anilines is 1. The molecule has 1 saturated heterocycles. The summed E-state index contributed by atoms with van der Waals surface area (Å²) in [6.07, 6.45) is 0.550. The van der Waals surface area contributed by atoms with Gasteiger partial charge in [0.15, 0.2) is 5.12 Å². The van der Waals surface area contributed by atoms with Crippen molar-refractivity contribution >= 4 is 28.5 Å². The lowest BCUT2D eigenvalue weighted by atomic mass is 10.1. The summed E-state index contributed by atoms with van der Waals surface area (Å²) in [4.78, 5) is 24.7. The largest absolute Gasteiger partial charge is 0.312 e. The lowest BCUT2D eigenvalue weighted by Crippen LogP contribution is -2.24. The number of carbonyl (C=O) groups excluding carboxylic acids is 2. The van der Waals surface area contributed by atoms with Crippen LogP contribution in [0.5, 0.6) is 0 Å². The van der Waals surface area contributed by atoms with Crippen molar-refractivity contribution in [3.05, 3.63) is 29.8 Å². The van der Waals surface area contributed by atoms with E-state index in [0.29, 0.717) is 6.42 Å². The van der Waals surface area contributed by atoms with Crippen molar-refractivity contribution in [2.45, 2.75) is 20.3 Å². The van der Waals surface area contributed by atoms with Crippen molar-refractivity contribution < 1.29 is 9.59 Å². The van der Waals surface area contributed by atoms with Crippen LogP contribution in [0.25, 0.3) is 0 Å². The molecule has 1 aromatic rings.